The quantitative estimate of drug-likeness (QED) is 0.827. The molecule has 1 aliphatic rings. The van der Waals surface area contributed by atoms with Crippen LogP contribution < -0.4 is 5.14 Å². The fraction of sp³-hybridized carbons (Fsp3) is 0.667. The van der Waals surface area contributed by atoms with Gasteiger partial charge in [-0.05, 0) is 24.9 Å². The number of sulfonamides is 1. The molecule has 0 aromatic carbocycles. The SMILES string of the molecule is CCc1ncc2c(n1)CN(CCCS(N)(=O)=O)CC2. The van der Waals surface area contributed by atoms with Crippen LogP contribution in [-0.2, 0) is 29.4 Å². The monoisotopic (exact) mass is 284 g/mol. The van der Waals surface area contributed by atoms with E-state index in [4.69, 9.17) is 5.14 Å². The van der Waals surface area contributed by atoms with Gasteiger partial charge in [-0.25, -0.2) is 23.5 Å². The molecule has 0 unspecified atom stereocenters. The normalized spacial score (nSPS) is 16.3. The zero-order valence-corrected chi connectivity index (χ0v) is 12.0. The second kappa shape index (κ2) is 5.94. The molecule has 0 atom stereocenters. The summed E-state index contributed by atoms with van der Waals surface area (Å²) in [6.45, 7) is 4.47. The zero-order chi connectivity index (χ0) is 13.9. The van der Waals surface area contributed by atoms with Crippen molar-refractivity contribution in [1.82, 2.24) is 14.9 Å². The van der Waals surface area contributed by atoms with Crippen molar-refractivity contribution >= 4 is 10.0 Å². The van der Waals surface area contributed by atoms with Crippen LogP contribution in [0.4, 0.5) is 0 Å². The third-order valence-electron chi connectivity index (χ3n) is 3.29. The van der Waals surface area contributed by atoms with Crippen molar-refractivity contribution in [2.24, 2.45) is 5.14 Å². The summed E-state index contributed by atoms with van der Waals surface area (Å²) < 4.78 is 21.8. The van der Waals surface area contributed by atoms with E-state index in [0.29, 0.717) is 6.42 Å². The molecule has 7 heteroatoms. The third-order valence-corrected chi connectivity index (χ3v) is 4.15. The number of hydrogen-bond donors (Lipinski definition) is 1. The summed E-state index contributed by atoms with van der Waals surface area (Å²) >= 11 is 0. The van der Waals surface area contributed by atoms with E-state index < -0.39 is 10.0 Å². The number of nitrogens with two attached hydrogens (primary N) is 1. The highest BCUT2D eigenvalue weighted by atomic mass is 32.2. The van der Waals surface area contributed by atoms with Gasteiger partial charge >= 0.3 is 0 Å². The molecule has 0 saturated carbocycles. The first-order chi connectivity index (χ1) is 8.98. The van der Waals surface area contributed by atoms with Crippen LogP contribution in [0.3, 0.4) is 0 Å². The lowest BCUT2D eigenvalue weighted by molar-refractivity contribution is 0.250. The van der Waals surface area contributed by atoms with Crippen molar-refractivity contribution < 1.29 is 8.42 Å². The summed E-state index contributed by atoms with van der Waals surface area (Å²) in [4.78, 5) is 11.1. The summed E-state index contributed by atoms with van der Waals surface area (Å²) in [7, 11) is -3.35. The van der Waals surface area contributed by atoms with Crippen LogP contribution in [0.5, 0.6) is 0 Å². The Bertz CT molecular complexity index is 545. The lowest BCUT2D eigenvalue weighted by Crippen LogP contribution is -2.33. The van der Waals surface area contributed by atoms with Crippen LogP contribution in [0.25, 0.3) is 0 Å². The van der Waals surface area contributed by atoms with Gasteiger partial charge in [-0.3, -0.25) is 4.90 Å². The summed E-state index contributed by atoms with van der Waals surface area (Å²) in [5.74, 6) is 0.908. The van der Waals surface area contributed by atoms with E-state index in [-0.39, 0.29) is 5.75 Å². The largest absolute Gasteiger partial charge is 0.297 e. The number of aryl methyl sites for hydroxylation is 1. The number of primary sulfonamides is 1. The Morgan fingerprint density at radius 1 is 1.47 bits per heavy atom. The van der Waals surface area contributed by atoms with Gasteiger partial charge in [0, 0.05) is 25.7 Å². The van der Waals surface area contributed by atoms with Gasteiger partial charge in [0.05, 0.1) is 11.4 Å². The molecule has 0 amide bonds. The molecule has 2 rings (SSSR count). The molecular weight excluding hydrogens is 264 g/mol. The van der Waals surface area contributed by atoms with Gasteiger partial charge in [-0.1, -0.05) is 6.92 Å². The number of hydrogen-bond acceptors (Lipinski definition) is 5. The molecule has 106 valence electrons. The molecular formula is C12H20N4O2S. The van der Waals surface area contributed by atoms with E-state index >= 15 is 0 Å². The standard InChI is InChI=1S/C12H20N4O2S/c1-2-12-14-8-10-4-6-16(9-11(10)15-12)5-3-7-19(13,17)18/h8H,2-7,9H2,1H3,(H2,13,17,18). The average Bonchev–Trinajstić information content (AvgIpc) is 2.36. The van der Waals surface area contributed by atoms with Crippen LogP contribution in [0.15, 0.2) is 6.20 Å². The summed E-state index contributed by atoms with van der Waals surface area (Å²) in [6.07, 6.45) is 4.25. The molecule has 6 nitrogen and oxygen atoms in total. The third kappa shape index (κ3) is 4.22. The Hall–Kier alpha value is -1.05. The fourth-order valence-corrected chi connectivity index (χ4v) is 2.78. The van der Waals surface area contributed by atoms with Crippen molar-refractivity contribution in [2.45, 2.75) is 32.7 Å². The van der Waals surface area contributed by atoms with Crippen LogP contribution >= 0.6 is 0 Å². The Balaban J connectivity index is 1.93. The highest BCUT2D eigenvalue weighted by Gasteiger charge is 2.18. The number of nitrogens with zero attached hydrogens (tertiary/aromatic N) is 3. The van der Waals surface area contributed by atoms with Gasteiger partial charge < -0.3 is 0 Å². The molecule has 0 bridgehead atoms. The predicted molar refractivity (Wildman–Crippen MR) is 73.0 cm³/mol. The van der Waals surface area contributed by atoms with Gasteiger partial charge in [0.25, 0.3) is 0 Å². The first kappa shape index (κ1) is 14.4. The molecule has 0 aliphatic carbocycles. The summed E-state index contributed by atoms with van der Waals surface area (Å²) in [5, 5.41) is 5.00. The van der Waals surface area contributed by atoms with Crippen molar-refractivity contribution in [3.63, 3.8) is 0 Å². The molecule has 0 fully saturated rings. The molecule has 0 saturated heterocycles. The van der Waals surface area contributed by atoms with Gasteiger partial charge in [0.15, 0.2) is 0 Å². The lowest BCUT2D eigenvalue weighted by Gasteiger charge is -2.27. The second-order valence-corrected chi connectivity index (χ2v) is 6.59. The van der Waals surface area contributed by atoms with E-state index in [0.717, 1.165) is 44.0 Å². The molecule has 1 aromatic rings. The molecule has 2 N–H and O–H groups in total. The van der Waals surface area contributed by atoms with Crippen molar-refractivity contribution in [3.05, 3.63) is 23.3 Å². The fourth-order valence-electron chi connectivity index (χ4n) is 2.25. The second-order valence-electron chi connectivity index (χ2n) is 4.86. The molecule has 2 heterocycles. The van der Waals surface area contributed by atoms with Crippen LogP contribution in [-0.4, -0.2) is 42.1 Å². The summed E-state index contributed by atoms with van der Waals surface area (Å²) in [6, 6.07) is 0. The Kier molecular flexibility index (Phi) is 4.49. The molecule has 1 aromatic heterocycles. The van der Waals surface area contributed by atoms with Gasteiger partial charge in [-0.15, -0.1) is 0 Å². The maximum atomic E-state index is 10.9. The molecule has 0 radical (unpaired) electrons. The molecule has 19 heavy (non-hydrogen) atoms. The predicted octanol–water partition coefficient (Wildman–Crippen LogP) is 0.0757. The minimum atomic E-state index is -3.35. The van der Waals surface area contributed by atoms with Gasteiger partial charge in [-0.2, -0.15) is 0 Å². The number of rotatable bonds is 5. The maximum absolute atomic E-state index is 10.9. The van der Waals surface area contributed by atoms with Crippen molar-refractivity contribution in [1.29, 1.82) is 0 Å². The number of fused-ring (bicyclic) bond motifs is 1. The van der Waals surface area contributed by atoms with Crippen LogP contribution in [0.1, 0.15) is 30.4 Å². The Labute approximate surface area is 114 Å². The highest BCUT2D eigenvalue weighted by molar-refractivity contribution is 7.89. The first-order valence-electron chi connectivity index (χ1n) is 6.54. The average molecular weight is 284 g/mol. The minimum Gasteiger partial charge on any atom is -0.297 e. The molecule has 0 spiro atoms. The maximum Gasteiger partial charge on any atom is 0.209 e. The molecule has 1 aliphatic heterocycles. The zero-order valence-electron chi connectivity index (χ0n) is 11.2. The van der Waals surface area contributed by atoms with Crippen LogP contribution in [0.2, 0.25) is 0 Å². The lowest BCUT2D eigenvalue weighted by atomic mass is 10.1. The highest BCUT2D eigenvalue weighted by Crippen LogP contribution is 2.16. The van der Waals surface area contributed by atoms with E-state index in [9.17, 15) is 8.42 Å². The van der Waals surface area contributed by atoms with E-state index in [1.165, 1.54) is 5.56 Å². The Morgan fingerprint density at radius 2 is 2.26 bits per heavy atom. The smallest absolute Gasteiger partial charge is 0.209 e. The van der Waals surface area contributed by atoms with Crippen LogP contribution in [0, 0.1) is 0 Å². The first-order valence-corrected chi connectivity index (χ1v) is 8.26. The van der Waals surface area contributed by atoms with E-state index in [1.807, 2.05) is 13.1 Å². The van der Waals surface area contributed by atoms with E-state index in [2.05, 4.69) is 14.9 Å². The van der Waals surface area contributed by atoms with E-state index in [1.54, 1.807) is 0 Å². The summed E-state index contributed by atoms with van der Waals surface area (Å²) in [5.41, 5.74) is 2.29. The van der Waals surface area contributed by atoms with Crippen molar-refractivity contribution in [2.75, 3.05) is 18.8 Å². The number of aromatic nitrogens is 2. The van der Waals surface area contributed by atoms with Gasteiger partial charge in [0.1, 0.15) is 5.82 Å². The van der Waals surface area contributed by atoms with Gasteiger partial charge in [0.2, 0.25) is 10.0 Å². The Morgan fingerprint density at radius 3 is 2.95 bits per heavy atom. The minimum absolute atomic E-state index is 0.0420. The van der Waals surface area contributed by atoms with Crippen molar-refractivity contribution in [3.8, 4) is 0 Å². The topological polar surface area (TPSA) is 89.2 Å².